The normalized spacial score (nSPS) is 0.500. The second kappa shape index (κ2) is 12400. The molecule has 0 aromatic rings. The van der Waals surface area contributed by atoms with E-state index in [0.717, 1.165) is 0 Å². The molecule has 0 aromatic heterocycles. The molecule has 0 bridgehead atoms. The van der Waals surface area contributed by atoms with Crippen molar-refractivity contribution >= 4 is 0 Å². The number of nitriles is 1. The molecule has 0 heterocycles. The van der Waals surface area contributed by atoms with Crippen molar-refractivity contribution in [1.82, 2.24) is 6.15 Å². The molecule has 0 aliphatic carbocycles. The van der Waals surface area contributed by atoms with Crippen LogP contribution in [0.1, 0.15) is 0 Å². The van der Waals surface area contributed by atoms with Crippen LogP contribution in [0.5, 0.6) is 0 Å². The Bertz CT molecular complexity index is 10.8. The average molecular weight is 108 g/mol. The molecule has 1 radical (unpaired) electrons. The van der Waals surface area contributed by atoms with Gasteiger partial charge in [-0.15, -0.1) is 0 Å². The summed E-state index contributed by atoms with van der Waals surface area (Å²) in [6, 6.07) is 0. The second-order valence-corrected chi connectivity index (χ2v) is 0. The van der Waals surface area contributed by atoms with Crippen LogP contribution < -0.4 is 6.15 Å². The van der Waals surface area contributed by atoms with Crippen molar-refractivity contribution in [2.24, 2.45) is 0 Å². The molecule has 3 N–H and O–H groups in total. The van der Waals surface area contributed by atoms with Gasteiger partial charge in [-0.25, -0.2) is 5.26 Å². The molecule has 29 valence electrons. The first-order valence-electron chi connectivity index (χ1n) is 0.258. The molecule has 0 aliphatic rings. The van der Waals surface area contributed by atoms with E-state index in [1.54, 1.807) is 0 Å². The van der Waals surface area contributed by atoms with Crippen molar-refractivity contribution in [3.05, 3.63) is 0 Å². The van der Waals surface area contributed by atoms with E-state index in [0.29, 0.717) is 0 Å². The monoisotopic (exact) mass is 107 g/mol. The van der Waals surface area contributed by atoms with E-state index in [2.05, 4.69) is 6.57 Å². The van der Waals surface area contributed by atoms with E-state index in [1.165, 1.54) is 0 Å². The van der Waals surface area contributed by atoms with Gasteiger partial charge < -0.3 is 6.15 Å². The Morgan fingerprint density at radius 3 is 1.25 bits per heavy atom. The molecule has 0 saturated carbocycles. The van der Waals surface area contributed by atoms with Crippen LogP contribution in [0.3, 0.4) is 0 Å². The minimum Gasteiger partial charge on any atom is -0.344 e. The minimum atomic E-state index is 0. The van der Waals surface area contributed by atoms with E-state index < -0.39 is 0 Å². The topological polar surface area (TPSA) is 58.8 Å². The van der Waals surface area contributed by atoms with Crippen LogP contribution in [0.2, 0.25) is 0 Å². The third-order valence-corrected chi connectivity index (χ3v) is 0. The van der Waals surface area contributed by atoms with Gasteiger partial charge >= 0.3 is 0 Å². The van der Waals surface area contributed by atoms with Crippen LogP contribution in [0.25, 0.3) is 0 Å². The van der Waals surface area contributed by atoms with E-state index in [-0.39, 0.29) is 23.2 Å². The Morgan fingerprint density at radius 2 is 1.25 bits per heavy atom. The molecule has 0 saturated heterocycles. The predicted octanol–water partition coefficient (Wildman–Crippen LogP) is 0.299. The van der Waals surface area contributed by atoms with Gasteiger partial charge in [-0.05, 0) is 0 Å². The van der Waals surface area contributed by atoms with Crippen molar-refractivity contribution < 1.29 is 17.1 Å². The molecule has 0 aromatic carbocycles. The van der Waals surface area contributed by atoms with Crippen LogP contribution >= 0.6 is 0 Å². The summed E-state index contributed by atoms with van der Waals surface area (Å²) >= 11 is 0. The Hall–Kier alpha value is -0.0305. The van der Waals surface area contributed by atoms with E-state index in [4.69, 9.17) is 5.26 Å². The third-order valence-electron chi connectivity index (χ3n) is 0. The molecule has 2 nitrogen and oxygen atoms in total. The van der Waals surface area contributed by atoms with Crippen LogP contribution in [-0.4, -0.2) is 0 Å². The fourth-order valence-electron chi connectivity index (χ4n) is 0. The van der Waals surface area contributed by atoms with Gasteiger partial charge in [0.2, 0.25) is 0 Å². The fraction of sp³-hybridized carbons (Fsp3) is 0. The SMILES string of the molecule is C#N.N.[Cu]. The Labute approximate surface area is 35.9 Å². The molecule has 0 atom stereocenters. The van der Waals surface area contributed by atoms with Gasteiger partial charge in [0.25, 0.3) is 0 Å². The van der Waals surface area contributed by atoms with E-state index >= 15 is 0 Å². The molecular weight excluding hydrogens is 104 g/mol. The molecular formula is CH4CuN2. The minimum absolute atomic E-state index is 0. The van der Waals surface area contributed by atoms with Gasteiger partial charge in [0.05, 0.1) is 0 Å². The summed E-state index contributed by atoms with van der Waals surface area (Å²) in [6.07, 6.45) is 0. The van der Waals surface area contributed by atoms with Crippen LogP contribution in [0.15, 0.2) is 0 Å². The number of hydrogen-bond donors (Lipinski definition) is 1. The maximum absolute atomic E-state index is 6.50. The van der Waals surface area contributed by atoms with Crippen LogP contribution in [-0.2, 0) is 17.1 Å². The summed E-state index contributed by atoms with van der Waals surface area (Å²) in [4.78, 5) is 0. The molecule has 4 heavy (non-hydrogen) atoms. The standard InChI is InChI=1S/CHN.Cu.H3N/c1-2;;/h1H;;1H3. The van der Waals surface area contributed by atoms with Crippen LogP contribution in [0, 0.1) is 11.8 Å². The van der Waals surface area contributed by atoms with Crippen molar-refractivity contribution in [3.63, 3.8) is 0 Å². The van der Waals surface area contributed by atoms with Crippen molar-refractivity contribution in [2.45, 2.75) is 0 Å². The van der Waals surface area contributed by atoms with Crippen molar-refractivity contribution in [3.8, 4) is 6.57 Å². The van der Waals surface area contributed by atoms with Gasteiger partial charge in [0, 0.05) is 23.6 Å². The molecule has 0 amide bonds. The summed E-state index contributed by atoms with van der Waals surface area (Å²) in [7, 11) is 0. The molecule has 3 heteroatoms. The molecule has 0 spiro atoms. The zero-order chi connectivity index (χ0) is 2.00. The number of rotatable bonds is 0. The van der Waals surface area contributed by atoms with Crippen molar-refractivity contribution in [1.29, 1.82) is 5.26 Å². The van der Waals surface area contributed by atoms with Gasteiger partial charge in [0.15, 0.2) is 0 Å². The van der Waals surface area contributed by atoms with Crippen molar-refractivity contribution in [2.75, 3.05) is 0 Å². The quantitative estimate of drug-likeness (QED) is 0.453. The van der Waals surface area contributed by atoms with Gasteiger partial charge in [0.1, 0.15) is 0 Å². The summed E-state index contributed by atoms with van der Waals surface area (Å²) in [5, 5.41) is 6.50. The Morgan fingerprint density at radius 1 is 1.25 bits per heavy atom. The first-order valence-corrected chi connectivity index (χ1v) is 0.258. The zero-order valence-electron chi connectivity index (χ0n) is 2.03. The zero-order valence-corrected chi connectivity index (χ0v) is 2.97. The fourth-order valence-corrected chi connectivity index (χ4v) is 0. The Balaban J connectivity index is -0.00000000500. The van der Waals surface area contributed by atoms with Gasteiger partial charge in [-0.2, -0.15) is 0 Å². The van der Waals surface area contributed by atoms with Crippen LogP contribution in [0.4, 0.5) is 0 Å². The Kier molecular flexibility index (Phi) is 115000. The molecule has 0 aliphatic heterocycles. The maximum Gasteiger partial charge on any atom is 0.0462 e. The average Bonchev–Trinajstić information content (AvgIpc) is 1.00. The summed E-state index contributed by atoms with van der Waals surface area (Å²) in [6.45, 7) is 3.50. The molecule has 0 unspecified atom stereocenters. The third kappa shape index (κ3) is 1990. The first kappa shape index (κ1) is 37.2. The largest absolute Gasteiger partial charge is 0.344 e. The van der Waals surface area contributed by atoms with E-state index in [9.17, 15) is 0 Å². The number of hydrogen-bond acceptors (Lipinski definition) is 2. The smallest absolute Gasteiger partial charge is 0.0462 e. The van der Waals surface area contributed by atoms with E-state index in [1.807, 2.05) is 0 Å². The van der Waals surface area contributed by atoms with Gasteiger partial charge in [-0.1, -0.05) is 0 Å². The number of nitrogens with zero attached hydrogens (tertiary/aromatic N) is 1. The van der Waals surface area contributed by atoms with Gasteiger partial charge in [-0.3, -0.25) is 0 Å². The molecule has 0 fully saturated rings. The summed E-state index contributed by atoms with van der Waals surface area (Å²) < 4.78 is 0. The molecule has 0 rings (SSSR count). The predicted molar refractivity (Wildman–Crippen MR) is 11.7 cm³/mol. The second-order valence-electron chi connectivity index (χ2n) is 0. The summed E-state index contributed by atoms with van der Waals surface area (Å²) in [5.74, 6) is 0. The maximum atomic E-state index is 6.50. The first-order chi connectivity index (χ1) is 1.00. The summed E-state index contributed by atoms with van der Waals surface area (Å²) in [5.41, 5.74) is 0.